The molecule has 1 aliphatic heterocycles. The van der Waals surface area contributed by atoms with E-state index >= 15 is 0 Å². The van der Waals surface area contributed by atoms with Crippen LogP contribution in [0, 0.1) is 0 Å². The molecule has 1 unspecified atom stereocenters. The van der Waals surface area contributed by atoms with Crippen molar-refractivity contribution in [1.29, 1.82) is 0 Å². The molecule has 17 heavy (non-hydrogen) atoms. The van der Waals surface area contributed by atoms with E-state index in [-0.39, 0.29) is 5.41 Å². The normalized spacial score (nSPS) is 22.2. The van der Waals surface area contributed by atoms with Crippen LogP contribution in [0.25, 0.3) is 0 Å². The largest absolute Gasteiger partial charge is 0.379 e. The summed E-state index contributed by atoms with van der Waals surface area (Å²) in [5.41, 5.74) is 3.01. The Morgan fingerprint density at radius 1 is 1.18 bits per heavy atom. The summed E-state index contributed by atoms with van der Waals surface area (Å²) in [6.07, 6.45) is 0. The van der Waals surface area contributed by atoms with Crippen molar-refractivity contribution in [3.8, 4) is 0 Å². The van der Waals surface area contributed by atoms with Gasteiger partial charge in [0.15, 0.2) is 0 Å². The number of benzene rings is 1. The van der Waals surface area contributed by atoms with Crippen molar-refractivity contribution in [1.82, 2.24) is 5.32 Å². The molecule has 0 saturated carbocycles. The van der Waals surface area contributed by atoms with Gasteiger partial charge in [-0.3, -0.25) is 0 Å². The van der Waals surface area contributed by atoms with E-state index in [0.29, 0.717) is 5.92 Å². The molecular formula is C15H23NO. The fraction of sp³-hybridized carbons (Fsp3) is 0.600. The predicted octanol–water partition coefficient (Wildman–Crippen LogP) is 2.69. The molecule has 2 heteroatoms. The Labute approximate surface area is 104 Å². The Bertz CT molecular complexity index is 342. The van der Waals surface area contributed by atoms with Crippen LogP contribution in [0.5, 0.6) is 0 Å². The van der Waals surface area contributed by atoms with Crippen LogP contribution in [0.15, 0.2) is 24.3 Å². The maximum Gasteiger partial charge on any atom is 0.0591 e. The fourth-order valence-electron chi connectivity index (χ4n) is 2.17. The summed E-state index contributed by atoms with van der Waals surface area (Å²) in [6, 6.07) is 9.00. The second kappa shape index (κ2) is 5.19. The second-order valence-corrected chi connectivity index (χ2v) is 5.85. The summed E-state index contributed by atoms with van der Waals surface area (Å²) in [7, 11) is 0. The van der Waals surface area contributed by atoms with Gasteiger partial charge in [0.2, 0.25) is 0 Å². The molecule has 94 valence electrons. The minimum atomic E-state index is 0.233. The zero-order chi connectivity index (χ0) is 12.3. The van der Waals surface area contributed by atoms with Crippen molar-refractivity contribution in [2.75, 3.05) is 26.3 Å². The summed E-state index contributed by atoms with van der Waals surface area (Å²) in [5.74, 6) is 0.492. The maximum atomic E-state index is 5.60. The van der Waals surface area contributed by atoms with Gasteiger partial charge in [0.05, 0.1) is 13.2 Å². The number of hydrogen-bond donors (Lipinski definition) is 1. The zero-order valence-electron chi connectivity index (χ0n) is 11.1. The van der Waals surface area contributed by atoms with Crippen molar-refractivity contribution in [2.45, 2.75) is 32.1 Å². The molecule has 1 N–H and O–H groups in total. The molecular weight excluding hydrogens is 210 g/mol. The first-order valence-corrected chi connectivity index (χ1v) is 6.46. The monoisotopic (exact) mass is 233 g/mol. The Morgan fingerprint density at radius 3 is 2.53 bits per heavy atom. The van der Waals surface area contributed by atoms with E-state index in [9.17, 15) is 0 Å². The Kier molecular flexibility index (Phi) is 3.85. The Hall–Kier alpha value is -0.860. The zero-order valence-corrected chi connectivity index (χ0v) is 11.1. The van der Waals surface area contributed by atoms with E-state index in [4.69, 9.17) is 4.74 Å². The first-order chi connectivity index (χ1) is 8.07. The standard InChI is InChI=1S/C15H23NO/c1-15(2,3)14-6-4-12(5-7-14)13-10-16-8-9-17-11-13/h4-7,13,16H,8-11H2,1-3H3. The van der Waals surface area contributed by atoms with Gasteiger partial charge < -0.3 is 10.1 Å². The highest BCUT2D eigenvalue weighted by Gasteiger charge is 2.17. The summed E-state index contributed by atoms with van der Waals surface area (Å²) in [5, 5.41) is 3.42. The number of hydrogen-bond acceptors (Lipinski definition) is 2. The van der Waals surface area contributed by atoms with E-state index in [2.05, 4.69) is 50.4 Å². The average Bonchev–Trinajstić information content (AvgIpc) is 2.56. The van der Waals surface area contributed by atoms with Gasteiger partial charge in [-0.25, -0.2) is 0 Å². The highest BCUT2D eigenvalue weighted by atomic mass is 16.5. The average molecular weight is 233 g/mol. The van der Waals surface area contributed by atoms with Crippen LogP contribution in [0.3, 0.4) is 0 Å². The molecule has 1 heterocycles. The molecule has 1 aliphatic rings. The van der Waals surface area contributed by atoms with Gasteiger partial charge in [0, 0.05) is 19.0 Å². The molecule has 0 aliphatic carbocycles. The molecule has 1 aromatic rings. The minimum Gasteiger partial charge on any atom is -0.379 e. The highest BCUT2D eigenvalue weighted by Crippen LogP contribution is 2.24. The van der Waals surface area contributed by atoms with Gasteiger partial charge in [-0.1, -0.05) is 45.0 Å². The summed E-state index contributed by atoms with van der Waals surface area (Å²) in [4.78, 5) is 0. The third kappa shape index (κ3) is 3.30. The molecule has 0 radical (unpaired) electrons. The lowest BCUT2D eigenvalue weighted by molar-refractivity contribution is 0.141. The van der Waals surface area contributed by atoms with Crippen molar-refractivity contribution in [3.63, 3.8) is 0 Å². The van der Waals surface area contributed by atoms with E-state index in [0.717, 1.165) is 26.3 Å². The molecule has 1 saturated heterocycles. The van der Waals surface area contributed by atoms with Crippen LogP contribution in [0.4, 0.5) is 0 Å². The summed E-state index contributed by atoms with van der Waals surface area (Å²) < 4.78 is 5.60. The smallest absolute Gasteiger partial charge is 0.0591 e. The Balaban J connectivity index is 2.11. The summed E-state index contributed by atoms with van der Waals surface area (Å²) >= 11 is 0. The van der Waals surface area contributed by atoms with Crippen LogP contribution >= 0.6 is 0 Å². The number of rotatable bonds is 1. The first-order valence-electron chi connectivity index (χ1n) is 6.46. The van der Waals surface area contributed by atoms with Gasteiger partial charge in [-0.15, -0.1) is 0 Å². The van der Waals surface area contributed by atoms with Crippen molar-refractivity contribution in [3.05, 3.63) is 35.4 Å². The molecule has 1 fully saturated rings. The minimum absolute atomic E-state index is 0.233. The van der Waals surface area contributed by atoms with Crippen LogP contribution in [0.2, 0.25) is 0 Å². The second-order valence-electron chi connectivity index (χ2n) is 5.85. The topological polar surface area (TPSA) is 21.3 Å². The molecule has 1 atom stereocenters. The lowest BCUT2D eigenvalue weighted by atomic mass is 9.85. The Morgan fingerprint density at radius 2 is 1.88 bits per heavy atom. The number of nitrogens with one attached hydrogen (secondary N) is 1. The molecule has 0 aromatic heterocycles. The maximum absolute atomic E-state index is 5.60. The van der Waals surface area contributed by atoms with Crippen molar-refractivity contribution >= 4 is 0 Å². The van der Waals surface area contributed by atoms with Gasteiger partial charge in [0.25, 0.3) is 0 Å². The van der Waals surface area contributed by atoms with Crippen molar-refractivity contribution < 1.29 is 4.74 Å². The fourth-order valence-corrected chi connectivity index (χ4v) is 2.17. The van der Waals surface area contributed by atoms with Crippen LogP contribution in [-0.2, 0) is 10.2 Å². The summed E-state index contributed by atoms with van der Waals surface area (Å²) in [6.45, 7) is 10.4. The van der Waals surface area contributed by atoms with Crippen LogP contribution in [0.1, 0.15) is 37.8 Å². The lowest BCUT2D eigenvalue weighted by Crippen LogP contribution is -2.21. The SMILES string of the molecule is CC(C)(C)c1ccc(C2CNCCOC2)cc1. The predicted molar refractivity (Wildman–Crippen MR) is 71.6 cm³/mol. The third-order valence-electron chi connectivity index (χ3n) is 3.38. The van der Waals surface area contributed by atoms with Gasteiger partial charge in [-0.05, 0) is 16.5 Å². The van der Waals surface area contributed by atoms with Crippen LogP contribution < -0.4 is 5.32 Å². The molecule has 0 spiro atoms. The van der Waals surface area contributed by atoms with E-state index in [1.807, 2.05) is 0 Å². The van der Waals surface area contributed by atoms with Crippen molar-refractivity contribution in [2.24, 2.45) is 0 Å². The molecule has 2 rings (SSSR count). The molecule has 0 bridgehead atoms. The van der Waals surface area contributed by atoms with E-state index < -0.39 is 0 Å². The molecule has 2 nitrogen and oxygen atoms in total. The van der Waals surface area contributed by atoms with E-state index in [1.165, 1.54) is 11.1 Å². The molecule has 1 aromatic carbocycles. The number of ether oxygens (including phenoxy) is 1. The quantitative estimate of drug-likeness (QED) is 0.805. The van der Waals surface area contributed by atoms with Crippen LogP contribution in [-0.4, -0.2) is 26.3 Å². The van der Waals surface area contributed by atoms with E-state index in [1.54, 1.807) is 0 Å². The lowest BCUT2D eigenvalue weighted by Gasteiger charge is -2.21. The third-order valence-corrected chi connectivity index (χ3v) is 3.38. The first kappa shape index (κ1) is 12.6. The highest BCUT2D eigenvalue weighted by molar-refractivity contribution is 5.29. The molecule has 0 amide bonds. The van der Waals surface area contributed by atoms with Gasteiger partial charge in [0.1, 0.15) is 0 Å². The van der Waals surface area contributed by atoms with Gasteiger partial charge >= 0.3 is 0 Å². The van der Waals surface area contributed by atoms with Gasteiger partial charge in [-0.2, -0.15) is 0 Å².